The number of nitrogens with zero attached hydrogens (tertiary/aromatic N) is 2. The summed E-state index contributed by atoms with van der Waals surface area (Å²) < 4.78 is 5.07. The Kier molecular flexibility index (Phi) is 4.95. The van der Waals surface area contributed by atoms with Crippen molar-refractivity contribution in [3.8, 4) is 0 Å². The monoisotopic (exact) mass is 383 g/mol. The number of halogens is 1. The summed E-state index contributed by atoms with van der Waals surface area (Å²) >= 11 is 3.44. The summed E-state index contributed by atoms with van der Waals surface area (Å²) in [5, 5.41) is 0. The molecule has 3 nitrogen and oxygen atoms in total. The highest BCUT2D eigenvalue weighted by atomic mass is 79.9. The molecule has 0 aliphatic carbocycles. The predicted octanol–water partition coefficient (Wildman–Crippen LogP) is 4.09. The predicted molar refractivity (Wildman–Crippen MR) is 98.1 cm³/mol. The summed E-state index contributed by atoms with van der Waals surface area (Å²) in [4.78, 5) is 12.7. The Bertz CT molecular complexity index is 869. The second-order valence-electron chi connectivity index (χ2n) is 5.97. The van der Waals surface area contributed by atoms with Crippen molar-refractivity contribution in [2.45, 2.75) is 26.9 Å². The molecule has 0 spiro atoms. The number of Topliss-reactive ketones (excluding diaryl/α,β-unsaturated/α-hetero) is 1. The molecule has 3 aromatic rings. The van der Waals surface area contributed by atoms with E-state index in [1.807, 2.05) is 60.3 Å². The molecule has 0 saturated carbocycles. The molecule has 0 aliphatic rings. The average molecular weight is 384 g/mol. The van der Waals surface area contributed by atoms with Crippen molar-refractivity contribution < 1.29 is 9.36 Å². The van der Waals surface area contributed by atoms with Crippen molar-refractivity contribution in [3.63, 3.8) is 0 Å². The van der Waals surface area contributed by atoms with Gasteiger partial charge in [-0.25, -0.2) is 0 Å². The number of carbonyl (C=O) groups excluding carboxylic acids is 1. The van der Waals surface area contributed by atoms with Gasteiger partial charge >= 0.3 is 0 Å². The summed E-state index contributed by atoms with van der Waals surface area (Å²) in [7, 11) is 0. The van der Waals surface area contributed by atoms with Gasteiger partial charge in [0.2, 0.25) is 12.3 Å². The Hall–Kier alpha value is -2.20. The quantitative estimate of drug-likeness (QED) is 0.481. The van der Waals surface area contributed by atoms with E-state index in [0.717, 1.165) is 28.0 Å². The molecule has 0 amide bonds. The lowest BCUT2D eigenvalue weighted by Gasteiger charge is -2.09. The lowest BCUT2D eigenvalue weighted by molar-refractivity contribution is -0.683. The topological polar surface area (TPSA) is 25.9 Å². The summed E-state index contributed by atoms with van der Waals surface area (Å²) in [5.41, 5.74) is 4.17. The van der Waals surface area contributed by atoms with E-state index in [2.05, 4.69) is 39.6 Å². The molecule has 1 aromatic carbocycles. The van der Waals surface area contributed by atoms with Crippen LogP contribution in [0.2, 0.25) is 0 Å². The molecule has 4 heteroatoms. The van der Waals surface area contributed by atoms with Crippen LogP contribution >= 0.6 is 15.9 Å². The van der Waals surface area contributed by atoms with Crippen molar-refractivity contribution in [1.82, 2.24) is 4.57 Å². The first kappa shape index (κ1) is 16.7. The maximum absolute atomic E-state index is 12.7. The number of ketones is 1. The average Bonchev–Trinajstić information content (AvgIpc) is 2.84. The SMILES string of the molecule is Cc1cc(C(=O)C[n+]2cccc(Br)c2)c(C)n1Cc1ccccc1. The van der Waals surface area contributed by atoms with Crippen molar-refractivity contribution in [2.75, 3.05) is 0 Å². The number of aryl methyl sites for hydroxylation is 1. The second kappa shape index (κ2) is 7.14. The summed E-state index contributed by atoms with van der Waals surface area (Å²) in [6.45, 7) is 5.21. The van der Waals surface area contributed by atoms with Crippen molar-refractivity contribution in [3.05, 3.63) is 87.9 Å². The lowest BCUT2D eigenvalue weighted by atomic mass is 10.1. The number of pyridine rings is 1. The maximum atomic E-state index is 12.7. The van der Waals surface area contributed by atoms with E-state index >= 15 is 0 Å². The molecule has 0 fully saturated rings. The Morgan fingerprint density at radius 3 is 2.58 bits per heavy atom. The van der Waals surface area contributed by atoms with Crippen LogP contribution in [0.5, 0.6) is 0 Å². The molecule has 2 heterocycles. The molecule has 122 valence electrons. The number of hydrogen-bond donors (Lipinski definition) is 0. The lowest BCUT2D eigenvalue weighted by Crippen LogP contribution is -2.37. The fourth-order valence-corrected chi connectivity index (χ4v) is 3.35. The first-order valence-electron chi connectivity index (χ1n) is 7.93. The zero-order valence-corrected chi connectivity index (χ0v) is 15.5. The van der Waals surface area contributed by atoms with Crippen molar-refractivity contribution in [1.29, 1.82) is 0 Å². The highest BCUT2D eigenvalue weighted by Crippen LogP contribution is 2.18. The van der Waals surface area contributed by atoms with Gasteiger partial charge in [0.25, 0.3) is 0 Å². The zero-order chi connectivity index (χ0) is 17.1. The van der Waals surface area contributed by atoms with Gasteiger partial charge in [0.1, 0.15) is 0 Å². The van der Waals surface area contributed by atoms with Gasteiger partial charge in [0.15, 0.2) is 12.4 Å². The molecule has 0 atom stereocenters. The van der Waals surface area contributed by atoms with E-state index in [1.54, 1.807) is 0 Å². The Balaban J connectivity index is 1.84. The van der Waals surface area contributed by atoms with Crippen LogP contribution in [0.25, 0.3) is 0 Å². The molecule has 24 heavy (non-hydrogen) atoms. The van der Waals surface area contributed by atoms with Gasteiger partial charge in [-0.3, -0.25) is 4.79 Å². The van der Waals surface area contributed by atoms with Crippen LogP contribution < -0.4 is 4.57 Å². The Morgan fingerprint density at radius 2 is 1.88 bits per heavy atom. The van der Waals surface area contributed by atoms with E-state index in [1.165, 1.54) is 5.56 Å². The molecule has 0 unspecified atom stereocenters. The number of hydrogen-bond acceptors (Lipinski definition) is 1. The van der Waals surface area contributed by atoms with Crippen LogP contribution in [0.1, 0.15) is 27.3 Å². The van der Waals surface area contributed by atoms with Crippen molar-refractivity contribution >= 4 is 21.7 Å². The third-order valence-electron chi connectivity index (χ3n) is 4.21. The third-order valence-corrected chi connectivity index (χ3v) is 4.67. The van der Waals surface area contributed by atoms with Gasteiger partial charge in [-0.05, 0) is 47.5 Å². The van der Waals surface area contributed by atoms with Crippen LogP contribution in [-0.2, 0) is 13.1 Å². The largest absolute Gasteiger partial charge is 0.344 e. The minimum atomic E-state index is 0.130. The van der Waals surface area contributed by atoms with Crippen molar-refractivity contribution in [2.24, 2.45) is 0 Å². The van der Waals surface area contributed by atoms with E-state index < -0.39 is 0 Å². The smallest absolute Gasteiger partial charge is 0.229 e. The highest BCUT2D eigenvalue weighted by Gasteiger charge is 2.19. The molecule has 0 bridgehead atoms. The minimum absolute atomic E-state index is 0.130. The van der Waals surface area contributed by atoms with Crippen LogP contribution in [0.15, 0.2) is 65.4 Å². The van der Waals surface area contributed by atoms with Crippen LogP contribution in [0.3, 0.4) is 0 Å². The van der Waals surface area contributed by atoms with Crippen LogP contribution in [0.4, 0.5) is 0 Å². The molecule has 3 rings (SSSR count). The Labute approximate surface area is 150 Å². The number of benzene rings is 1. The molecule has 2 aromatic heterocycles. The van der Waals surface area contributed by atoms with E-state index in [4.69, 9.17) is 0 Å². The summed E-state index contributed by atoms with van der Waals surface area (Å²) in [6.07, 6.45) is 3.83. The highest BCUT2D eigenvalue weighted by molar-refractivity contribution is 9.10. The van der Waals surface area contributed by atoms with E-state index in [0.29, 0.717) is 6.54 Å². The van der Waals surface area contributed by atoms with Gasteiger partial charge in [-0.1, -0.05) is 30.3 Å². The molecular weight excluding hydrogens is 364 g/mol. The summed E-state index contributed by atoms with van der Waals surface area (Å²) in [6, 6.07) is 16.2. The molecule has 0 radical (unpaired) electrons. The Morgan fingerprint density at radius 1 is 1.12 bits per heavy atom. The summed E-state index contributed by atoms with van der Waals surface area (Å²) in [5.74, 6) is 0.130. The maximum Gasteiger partial charge on any atom is 0.229 e. The standard InChI is InChI=1S/C20H20BrN2O/c1-15-11-19(20(24)14-22-10-6-9-18(21)13-22)16(2)23(15)12-17-7-4-3-5-8-17/h3-11,13H,12,14H2,1-2H3/q+1. The van der Waals surface area contributed by atoms with Gasteiger partial charge in [-0.15, -0.1) is 0 Å². The molecular formula is C20H20BrN2O+. The number of rotatable bonds is 5. The van der Waals surface area contributed by atoms with Gasteiger partial charge < -0.3 is 4.57 Å². The first-order chi connectivity index (χ1) is 11.5. The van der Waals surface area contributed by atoms with E-state index in [9.17, 15) is 4.79 Å². The third kappa shape index (κ3) is 3.65. The first-order valence-corrected chi connectivity index (χ1v) is 8.72. The van der Waals surface area contributed by atoms with Crippen LogP contribution in [-0.4, -0.2) is 10.4 Å². The van der Waals surface area contributed by atoms with Gasteiger partial charge in [0.05, 0.1) is 4.47 Å². The number of carbonyl (C=O) groups is 1. The fraction of sp³-hybridized carbons (Fsp3) is 0.200. The molecule has 0 aliphatic heterocycles. The fourth-order valence-electron chi connectivity index (χ4n) is 2.93. The normalized spacial score (nSPS) is 10.8. The molecule has 0 saturated heterocycles. The molecule has 0 N–H and O–H groups in total. The van der Waals surface area contributed by atoms with Crippen LogP contribution in [0, 0.1) is 13.8 Å². The minimum Gasteiger partial charge on any atom is -0.344 e. The second-order valence-corrected chi connectivity index (χ2v) is 6.89. The zero-order valence-electron chi connectivity index (χ0n) is 13.9. The van der Waals surface area contributed by atoms with E-state index in [-0.39, 0.29) is 5.78 Å². The van der Waals surface area contributed by atoms with Gasteiger partial charge in [-0.2, -0.15) is 4.57 Å². The van der Waals surface area contributed by atoms with Gasteiger partial charge in [0, 0.05) is 29.6 Å². The number of aromatic nitrogens is 2.